The molecule has 0 saturated heterocycles. The summed E-state index contributed by atoms with van der Waals surface area (Å²) in [5.74, 6) is 2.31. The molecule has 16 heavy (non-hydrogen) atoms. The SMILES string of the molecule is CC1=C[C@@H]2[C@](C)(CO)[C@H]3CC[C@@H](C)[C@@]23CC1. The van der Waals surface area contributed by atoms with Gasteiger partial charge in [0.25, 0.3) is 0 Å². The Hall–Kier alpha value is -0.300. The second kappa shape index (κ2) is 3.13. The highest BCUT2D eigenvalue weighted by Gasteiger charge is 2.70. The lowest BCUT2D eigenvalue weighted by Crippen LogP contribution is -2.64. The third kappa shape index (κ3) is 0.971. The van der Waals surface area contributed by atoms with Crippen molar-refractivity contribution in [3.63, 3.8) is 0 Å². The Balaban J connectivity index is 2.04. The van der Waals surface area contributed by atoms with Gasteiger partial charge >= 0.3 is 0 Å². The number of hydrogen-bond donors (Lipinski definition) is 1. The zero-order chi connectivity index (χ0) is 11.6. The first-order valence-corrected chi connectivity index (χ1v) is 6.84. The van der Waals surface area contributed by atoms with Crippen LogP contribution in [0.3, 0.4) is 0 Å². The van der Waals surface area contributed by atoms with E-state index in [1.165, 1.54) is 25.7 Å². The average Bonchev–Trinajstić information content (AvgIpc) is 2.56. The highest BCUT2D eigenvalue weighted by atomic mass is 16.3. The third-order valence-electron chi connectivity index (χ3n) is 6.28. The smallest absolute Gasteiger partial charge is 0.0493 e. The lowest BCUT2D eigenvalue weighted by molar-refractivity contribution is -0.195. The molecule has 3 aliphatic carbocycles. The van der Waals surface area contributed by atoms with Gasteiger partial charge in [0.1, 0.15) is 0 Å². The summed E-state index contributed by atoms with van der Waals surface area (Å²) >= 11 is 0. The predicted molar refractivity (Wildman–Crippen MR) is 66.0 cm³/mol. The van der Waals surface area contributed by atoms with Crippen LogP contribution >= 0.6 is 0 Å². The summed E-state index contributed by atoms with van der Waals surface area (Å²) < 4.78 is 0. The molecule has 0 radical (unpaired) electrons. The van der Waals surface area contributed by atoms with Crippen LogP contribution in [-0.2, 0) is 0 Å². The fraction of sp³-hybridized carbons (Fsp3) is 0.867. The summed E-state index contributed by atoms with van der Waals surface area (Å²) in [6.07, 6.45) is 7.89. The molecule has 3 aliphatic rings. The maximum atomic E-state index is 9.77. The van der Waals surface area contributed by atoms with Crippen LogP contribution in [0.15, 0.2) is 11.6 Å². The highest BCUT2D eigenvalue weighted by Crippen LogP contribution is 2.75. The first-order chi connectivity index (χ1) is 7.55. The molecule has 0 heterocycles. The lowest BCUT2D eigenvalue weighted by Gasteiger charge is -2.68. The summed E-state index contributed by atoms with van der Waals surface area (Å²) in [4.78, 5) is 0. The topological polar surface area (TPSA) is 20.2 Å². The summed E-state index contributed by atoms with van der Waals surface area (Å²) in [5, 5.41) is 9.77. The van der Waals surface area contributed by atoms with Gasteiger partial charge in [-0.1, -0.05) is 25.5 Å². The molecule has 2 fully saturated rings. The van der Waals surface area contributed by atoms with Crippen LogP contribution in [0.1, 0.15) is 46.5 Å². The van der Waals surface area contributed by atoms with Crippen LogP contribution in [0.4, 0.5) is 0 Å². The van der Waals surface area contributed by atoms with E-state index in [4.69, 9.17) is 0 Å². The van der Waals surface area contributed by atoms with E-state index in [0.29, 0.717) is 17.9 Å². The molecule has 5 atom stereocenters. The van der Waals surface area contributed by atoms with Gasteiger partial charge in [0, 0.05) is 12.0 Å². The normalized spacial score (nSPS) is 55.0. The summed E-state index contributed by atoms with van der Waals surface area (Å²) in [7, 11) is 0. The highest BCUT2D eigenvalue weighted by molar-refractivity contribution is 5.28. The minimum Gasteiger partial charge on any atom is -0.396 e. The van der Waals surface area contributed by atoms with E-state index in [9.17, 15) is 5.11 Å². The van der Waals surface area contributed by atoms with Gasteiger partial charge in [-0.25, -0.2) is 0 Å². The van der Waals surface area contributed by atoms with Crippen LogP contribution in [0.25, 0.3) is 0 Å². The Labute approximate surface area is 98.9 Å². The standard InChI is InChI=1S/C15H24O/c1-10-6-7-15-11(2)4-5-12(15)14(3,9-16)13(15)8-10/h8,11-13,16H,4-7,9H2,1-3H3/t11-,12-,13-,14-,15-/m1/s1. The maximum absolute atomic E-state index is 9.77. The van der Waals surface area contributed by atoms with Crippen molar-refractivity contribution in [3.8, 4) is 0 Å². The molecule has 0 aliphatic heterocycles. The molecule has 0 amide bonds. The zero-order valence-electron chi connectivity index (χ0n) is 10.8. The van der Waals surface area contributed by atoms with Crippen molar-refractivity contribution in [3.05, 3.63) is 11.6 Å². The van der Waals surface area contributed by atoms with Crippen molar-refractivity contribution in [2.24, 2.45) is 28.6 Å². The van der Waals surface area contributed by atoms with E-state index < -0.39 is 0 Å². The quantitative estimate of drug-likeness (QED) is 0.672. The van der Waals surface area contributed by atoms with Crippen LogP contribution in [0.2, 0.25) is 0 Å². The molecule has 1 N–H and O–H groups in total. The minimum atomic E-state index is 0.187. The predicted octanol–water partition coefficient (Wildman–Crippen LogP) is 3.39. The van der Waals surface area contributed by atoms with Crippen molar-refractivity contribution < 1.29 is 5.11 Å². The van der Waals surface area contributed by atoms with Crippen LogP contribution < -0.4 is 0 Å². The Kier molecular flexibility index (Phi) is 2.12. The number of rotatable bonds is 1. The average molecular weight is 220 g/mol. The summed E-state index contributed by atoms with van der Waals surface area (Å²) in [5.41, 5.74) is 2.30. The Bertz CT molecular complexity index is 345. The molecule has 3 rings (SSSR count). The van der Waals surface area contributed by atoms with Crippen LogP contribution in [0, 0.1) is 28.6 Å². The summed E-state index contributed by atoms with van der Waals surface area (Å²) in [6.45, 7) is 7.39. The number of hydrogen-bond acceptors (Lipinski definition) is 1. The van der Waals surface area contributed by atoms with Crippen molar-refractivity contribution >= 4 is 0 Å². The minimum absolute atomic E-state index is 0.187. The Morgan fingerprint density at radius 1 is 1.44 bits per heavy atom. The molecule has 0 aromatic carbocycles. The van der Waals surface area contributed by atoms with Gasteiger partial charge < -0.3 is 5.11 Å². The van der Waals surface area contributed by atoms with Gasteiger partial charge in [-0.3, -0.25) is 0 Å². The molecule has 0 bridgehead atoms. The Morgan fingerprint density at radius 2 is 2.19 bits per heavy atom. The largest absolute Gasteiger partial charge is 0.396 e. The number of aliphatic hydroxyl groups is 1. The second-order valence-electron chi connectivity index (χ2n) is 6.80. The maximum Gasteiger partial charge on any atom is 0.0493 e. The molecule has 90 valence electrons. The van der Waals surface area contributed by atoms with Crippen molar-refractivity contribution in [2.75, 3.05) is 6.61 Å². The van der Waals surface area contributed by atoms with Gasteiger partial charge in [0.05, 0.1) is 0 Å². The summed E-state index contributed by atoms with van der Waals surface area (Å²) in [6, 6.07) is 0. The first kappa shape index (κ1) is 10.8. The molecule has 0 aromatic heterocycles. The molecule has 1 heteroatoms. The van der Waals surface area contributed by atoms with E-state index in [0.717, 1.165) is 11.8 Å². The fourth-order valence-electron chi connectivity index (χ4n) is 5.41. The third-order valence-corrected chi connectivity index (χ3v) is 6.28. The van der Waals surface area contributed by atoms with Gasteiger partial charge in [0.2, 0.25) is 0 Å². The molecular formula is C15H24O. The van der Waals surface area contributed by atoms with Crippen molar-refractivity contribution in [2.45, 2.75) is 46.5 Å². The molecule has 2 saturated carbocycles. The van der Waals surface area contributed by atoms with Crippen molar-refractivity contribution in [1.29, 1.82) is 0 Å². The van der Waals surface area contributed by atoms with Gasteiger partial charge in [-0.15, -0.1) is 0 Å². The number of allylic oxidation sites excluding steroid dienone is 2. The Morgan fingerprint density at radius 3 is 2.88 bits per heavy atom. The fourth-order valence-corrected chi connectivity index (χ4v) is 5.41. The molecular weight excluding hydrogens is 196 g/mol. The lowest BCUT2D eigenvalue weighted by atomic mass is 9.36. The number of aliphatic hydroxyl groups excluding tert-OH is 1. The van der Waals surface area contributed by atoms with Gasteiger partial charge in [-0.2, -0.15) is 0 Å². The van der Waals surface area contributed by atoms with E-state index in [1.54, 1.807) is 5.57 Å². The van der Waals surface area contributed by atoms with Crippen LogP contribution in [-0.4, -0.2) is 11.7 Å². The van der Waals surface area contributed by atoms with E-state index in [2.05, 4.69) is 26.8 Å². The molecule has 1 nitrogen and oxygen atoms in total. The zero-order valence-corrected chi connectivity index (χ0v) is 10.8. The van der Waals surface area contributed by atoms with Crippen LogP contribution in [0.5, 0.6) is 0 Å². The van der Waals surface area contributed by atoms with E-state index in [1.807, 2.05) is 0 Å². The molecule has 1 spiro atoms. The van der Waals surface area contributed by atoms with Crippen molar-refractivity contribution in [1.82, 2.24) is 0 Å². The van der Waals surface area contributed by atoms with E-state index in [-0.39, 0.29) is 5.41 Å². The van der Waals surface area contributed by atoms with Gasteiger partial charge in [-0.05, 0) is 55.8 Å². The molecule has 0 aromatic rings. The second-order valence-corrected chi connectivity index (χ2v) is 6.80. The monoisotopic (exact) mass is 220 g/mol. The first-order valence-electron chi connectivity index (χ1n) is 6.84. The van der Waals surface area contributed by atoms with E-state index >= 15 is 0 Å². The molecule has 0 unspecified atom stereocenters. The van der Waals surface area contributed by atoms with Gasteiger partial charge in [0.15, 0.2) is 0 Å².